The van der Waals surface area contributed by atoms with E-state index < -0.39 is 0 Å². The van der Waals surface area contributed by atoms with Crippen LogP contribution in [0.3, 0.4) is 0 Å². The minimum atomic E-state index is 0.0741. The summed E-state index contributed by atoms with van der Waals surface area (Å²) >= 11 is 0. The fourth-order valence-electron chi connectivity index (χ4n) is 1.42. The Kier molecular flexibility index (Phi) is 1.84. The quantitative estimate of drug-likeness (QED) is 0.512. The maximum Gasteiger partial charge on any atom is 0.0215 e. The van der Waals surface area contributed by atoms with E-state index in [2.05, 4.69) is 23.1 Å². The van der Waals surface area contributed by atoms with Gasteiger partial charge in [0.15, 0.2) is 0 Å². The summed E-state index contributed by atoms with van der Waals surface area (Å²) < 4.78 is 0. The fraction of sp³-hybridized carbons (Fsp3) is 1.00. The SMILES string of the molecule is CC1CCC(P)C1(C)N. The molecule has 54 valence electrons. The van der Waals surface area contributed by atoms with Crippen LogP contribution in [0.25, 0.3) is 0 Å². The lowest BCUT2D eigenvalue weighted by Crippen LogP contribution is -2.45. The minimum absolute atomic E-state index is 0.0741. The highest BCUT2D eigenvalue weighted by Gasteiger charge is 2.38. The monoisotopic (exact) mass is 145 g/mol. The summed E-state index contributed by atoms with van der Waals surface area (Å²) in [5.74, 6) is 0.694. The molecule has 1 saturated carbocycles. The lowest BCUT2D eigenvalue weighted by molar-refractivity contribution is 0.379. The maximum atomic E-state index is 6.04. The van der Waals surface area contributed by atoms with Crippen molar-refractivity contribution in [1.82, 2.24) is 0 Å². The van der Waals surface area contributed by atoms with Gasteiger partial charge in [-0.25, -0.2) is 0 Å². The van der Waals surface area contributed by atoms with Gasteiger partial charge in [0.05, 0.1) is 0 Å². The van der Waals surface area contributed by atoms with E-state index in [1.165, 1.54) is 12.8 Å². The van der Waals surface area contributed by atoms with Gasteiger partial charge in [0, 0.05) is 5.54 Å². The molecule has 4 atom stereocenters. The van der Waals surface area contributed by atoms with Crippen LogP contribution < -0.4 is 5.73 Å². The van der Waals surface area contributed by atoms with Crippen molar-refractivity contribution in [2.24, 2.45) is 11.7 Å². The second kappa shape index (κ2) is 2.21. The molecule has 1 rings (SSSR count). The minimum Gasteiger partial charge on any atom is -0.325 e. The van der Waals surface area contributed by atoms with Crippen LogP contribution in [0.2, 0.25) is 0 Å². The van der Waals surface area contributed by atoms with Crippen molar-refractivity contribution in [1.29, 1.82) is 0 Å². The van der Waals surface area contributed by atoms with E-state index in [9.17, 15) is 0 Å². The Balaban J connectivity index is 2.66. The molecule has 0 aromatic heterocycles. The van der Waals surface area contributed by atoms with Gasteiger partial charge in [-0.2, -0.15) is 0 Å². The van der Waals surface area contributed by atoms with E-state index in [4.69, 9.17) is 5.73 Å². The van der Waals surface area contributed by atoms with Gasteiger partial charge in [-0.1, -0.05) is 6.92 Å². The summed E-state index contributed by atoms with van der Waals surface area (Å²) in [6.45, 7) is 4.40. The Morgan fingerprint density at radius 3 is 2.22 bits per heavy atom. The second-order valence-corrected chi connectivity index (χ2v) is 4.26. The molecule has 1 aliphatic carbocycles. The van der Waals surface area contributed by atoms with E-state index >= 15 is 0 Å². The van der Waals surface area contributed by atoms with Crippen LogP contribution in [0, 0.1) is 5.92 Å². The summed E-state index contributed by atoms with van der Waals surface area (Å²) in [5.41, 5.74) is 6.75. The van der Waals surface area contributed by atoms with Crippen LogP contribution in [0.1, 0.15) is 26.7 Å². The molecule has 2 N–H and O–H groups in total. The number of hydrogen-bond donors (Lipinski definition) is 1. The van der Waals surface area contributed by atoms with Gasteiger partial charge in [-0.05, 0) is 31.3 Å². The molecule has 0 radical (unpaired) electrons. The highest BCUT2D eigenvalue weighted by Crippen LogP contribution is 2.37. The number of nitrogens with two attached hydrogens (primary N) is 1. The van der Waals surface area contributed by atoms with Crippen LogP contribution in [0.15, 0.2) is 0 Å². The Bertz CT molecular complexity index is 99.5. The standard InChI is InChI=1S/C7H16NP/c1-5-3-4-6(9)7(5,2)8/h5-6H,3-4,8-9H2,1-2H3. The zero-order chi connectivity index (χ0) is 7.07. The summed E-state index contributed by atoms with van der Waals surface area (Å²) in [4.78, 5) is 0. The van der Waals surface area contributed by atoms with Crippen LogP contribution >= 0.6 is 9.24 Å². The van der Waals surface area contributed by atoms with Crippen LogP contribution in [0.5, 0.6) is 0 Å². The molecule has 0 amide bonds. The number of hydrogen-bond acceptors (Lipinski definition) is 1. The predicted molar refractivity (Wildman–Crippen MR) is 44.5 cm³/mol. The molecular weight excluding hydrogens is 129 g/mol. The zero-order valence-electron chi connectivity index (χ0n) is 6.22. The Morgan fingerprint density at radius 1 is 1.56 bits per heavy atom. The molecule has 0 aromatic rings. The van der Waals surface area contributed by atoms with Gasteiger partial charge in [0.25, 0.3) is 0 Å². The van der Waals surface area contributed by atoms with Crippen molar-refractivity contribution in [2.75, 3.05) is 0 Å². The summed E-state index contributed by atoms with van der Waals surface area (Å²) in [6, 6.07) is 0. The van der Waals surface area contributed by atoms with Crippen LogP contribution in [0.4, 0.5) is 0 Å². The summed E-state index contributed by atoms with van der Waals surface area (Å²) in [5, 5.41) is 0. The first-order valence-corrected chi connectivity index (χ1v) is 4.26. The van der Waals surface area contributed by atoms with E-state index in [-0.39, 0.29) is 5.54 Å². The van der Waals surface area contributed by atoms with Gasteiger partial charge in [0.2, 0.25) is 0 Å². The molecule has 1 nitrogen and oxygen atoms in total. The third-order valence-corrected chi connectivity index (χ3v) is 3.82. The molecule has 2 heteroatoms. The average Bonchev–Trinajstić information content (AvgIpc) is 1.96. The molecule has 9 heavy (non-hydrogen) atoms. The Labute approximate surface area is 59.6 Å². The lowest BCUT2D eigenvalue weighted by Gasteiger charge is -2.28. The molecule has 1 fully saturated rings. The molecule has 0 saturated heterocycles. The fourth-order valence-corrected chi connectivity index (χ4v) is 1.94. The first kappa shape index (κ1) is 7.50. The first-order valence-electron chi connectivity index (χ1n) is 3.59. The zero-order valence-corrected chi connectivity index (χ0v) is 7.38. The predicted octanol–water partition coefficient (Wildman–Crippen LogP) is 1.38. The smallest absolute Gasteiger partial charge is 0.0215 e. The van der Waals surface area contributed by atoms with Crippen molar-refractivity contribution in [2.45, 2.75) is 37.9 Å². The average molecular weight is 145 g/mol. The molecule has 0 aliphatic heterocycles. The summed E-state index contributed by atoms with van der Waals surface area (Å²) in [7, 11) is 2.84. The van der Waals surface area contributed by atoms with Crippen molar-refractivity contribution in [3.8, 4) is 0 Å². The maximum absolute atomic E-state index is 6.04. The molecule has 0 aromatic carbocycles. The van der Waals surface area contributed by atoms with Gasteiger partial charge in [-0.15, -0.1) is 9.24 Å². The Hall–Kier alpha value is 0.390. The molecule has 0 spiro atoms. The van der Waals surface area contributed by atoms with Gasteiger partial charge < -0.3 is 5.73 Å². The van der Waals surface area contributed by atoms with Crippen molar-refractivity contribution >= 4 is 9.24 Å². The van der Waals surface area contributed by atoms with Gasteiger partial charge in [0.1, 0.15) is 0 Å². The van der Waals surface area contributed by atoms with E-state index in [1.807, 2.05) is 0 Å². The largest absolute Gasteiger partial charge is 0.325 e. The van der Waals surface area contributed by atoms with Gasteiger partial charge >= 0.3 is 0 Å². The van der Waals surface area contributed by atoms with E-state index in [0.29, 0.717) is 11.6 Å². The third-order valence-electron chi connectivity index (χ3n) is 2.77. The van der Waals surface area contributed by atoms with Crippen molar-refractivity contribution in [3.05, 3.63) is 0 Å². The van der Waals surface area contributed by atoms with Gasteiger partial charge in [-0.3, -0.25) is 0 Å². The van der Waals surface area contributed by atoms with E-state index in [0.717, 1.165) is 0 Å². The first-order chi connectivity index (χ1) is 4.05. The highest BCUT2D eigenvalue weighted by molar-refractivity contribution is 7.17. The molecular formula is C7H16NP. The lowest BCUT2D eigenvalue weighted by atomic mass is 9.92. The topological polar surface area (TPSA) is 26.0 Å². The van der Waals surface area contributed by atoms with Crippen LogP contribution in [-0.2, 0) is 0 Å². The van der Waals surface area contributed by atoms with Crippen molar-refractivity contribution < 1.29 is 0 Å². The molecule has 4 unspecified atom stereocenters. The van der Waals surface area contributed by atoms with E-state index in [1.54, 1.807) is 0 Å². The third kappa shape index (κ3) is 1.13. The van der Waals surface area contributed by atoms with Crippen LogP contribution in [-0.4, -0.2) is 11.2 Å². The van der Waals surface area contributed by atoms with Crippen molar-refractivity contribution in [3.63, 3.8) is 0 Å². The molecule has 0 bridgehead atoms. The summed E-state index contributed by atoms with van der Waals surface area (Å²) in [6.07, 6.45) is 2.57. The normalized spacial score (nSPS) is 52.0. The Morgan fingerprint density at radius 2 is 2.11 bits per heavy atom. The molecule has 0 heterocycles. The highest BCUT2D eigenvalue weighted by atomic mass is 31.0. The molecule has 1 aliphatic rings. The second-order valence-electron chi connectivity index (χ2n) is 3.45. The number of rotatable bonds is 0.